The van der Waals surface area contributed by atoms with Crippen molar-refractivity contribution in [3.8, 4) is 11.5 Å². The summed E-state index contributed by atoms with van der Waals surface area (Å²) in [5.74, 6) is 1.07. The Hall–Kier alpha value is -2.44. The molecule has 0 spiro atoms. The van der Waals surface area contributed by atoms with E-state index in [0.29, 0.717) is 24.8 Å². The number of nitrogens with one attached hydrogen (secondary N) is 2. The number of carbonyl (C=O) groups is 1. The van der Waals surface area contributed by atoms with Crippen LogP contribution in [0.2, 0.25) is 0 Å². The second kappa shape index (κ2) is 9.15. The van der Waals surface area contributed by atoms with Crippen LogP contribution in [0, 0.1) is 0 Å². The molecule has 7 nitrogen and oxygen atoms in total. The van der Waals surface area contributed by atoms with Gasteiger partial charge in [-0.3, -0.25) is 4.79 Å². The summed E-state index contributed by atoms with van der Waals surface area (Å²) in [6.45, 7) is 9.08. The lowest BCUT2D eigenvalue weighted by atomic mass is 10.1. The van der Waals surface area contributed by atoms with Crippen molar-refractivity contribution in [2.75, 3.05) is 27.2 Å². The van der Waals surface area contributed by atoms with Gasteiger partial charge < -0.3 is 25.4 Å². The fourth-order valence-electron chi connectivity index (χ4n) is 2.22. The Morgan fingerprint density at radius 2 is 2.04 bits per heavy atom. The number of hydrogen-bond acceptors (Lipinski definition) is 4. The van der Waals surface area contributed by atoms with Crippen molar-refractivity contribution >= 4 is 11.9 Å². The summed E-state index contributed by atoms with van der Waals surface area (Å²) in [5.41, 5.74) is 0.579. The van der Waals surface area contributed by atoms with E-state index in [0.717, 1.165) is 5.56 Å². The molecule has 3 N–H and O–H groups in total. The van der Waals surface area contributed by atoms with Crippen LogP contribution in [0.1, 0.15) is 33.3 Å². The number of aromatic hydroxyl groups is 1. The van der Waals surface area contributed by atoms with E-state index in [4.69, 9.17) is 4.74 Å². The standard InChI is InChI=1S/C18H30N4O3/c1-7-19-17(22(5)12-16(24)21-18(2,3)4)20-11-13-8-9-15(25-6)14(23)10-13/h8-10,23H,7,11-12H2,1-6H3,(H,19,20)(H,21,24). The van der Waals surface area contributed by atoms with E-state index in [9.17, 15) is 9.90 Å². The van der Waals surface area contributed by atoms with Gasteiger partial charge in [0, 0.05) is 19.1 Å². The number of ether oxygens (including phenoxy) is 1. The van der Waals surface area contributed by atoms with Gasteiger partial charge in [0.15, 0.2) is 17.5 Å². The first-order valence-electron chi connectivity index (χ1n) is 8.32. The number of hydrogen-bond donors (Lipinski definition) is 3. The van der Waals surface area contributed by atoms with E-state index in [1.807, 2.05) is 40.8 Å². The number of methoxy groups -OCH3 is 1. The zero-order valence-corrected chi connectivity index (χ0v) is 16.0. The maximum Gasteiger partial charge on any atom is 0.240 e. The van der Waals surface area contributed by atoms with E-state index >= 15 is 0 Å². The Kier molecular flexibility index (Phi) is 7.54. The molecule has 1 aromatic carbocycles. The first-order valence-corrected chi connectivity index (χ1v) is 8.32. The number of rotatable bonds is 6. The smallest absolute Gasteiger partial charge is 0.240 e. The van der Waals surface area contributed by atoms with Gasteiger partial charge in [0.2, 0.25) is 5.91 Å². The first kappa shape index (κ1) is 20.6. The second-order valence-electron chi connectivity index (χ2n) is 6.83. The molecule has 7 heteroatoms. The highest BCUT2D eigenvalue weighted by Crippen LogP contribution is 2.26. The lowest BCUT2D eigenvalue weighted by Gasteiger charge is -2.25. The Bertz CT molecular complexity index is 609. The van der Waals surface area contributed by atoms with Crippen LogP contribution in [-0.4, -0.2) is 54.7 Å². The summed E-state index contributed by atoms with van der Waals surface area (Å²) in [6.07, 6.45) is 0. The van der Waals surface area contributed by atoms with Crippen molar-refractivity contribution in [3.05, 3.63) is 23.8 Å². The SMILES string of the molecule is CCNC(=NCc1ccc(OC)c(O)c1)N(C)CC(=O)NC(C)(C)C. The number of carbonyl (C=O) groups excluding carboxylic acids is 1. The molecule has 0 radical (unpaired) electrons. The number of likely N-dealkylation sites (N-methyl/N-ethyl adjacent to an activating group) is 1. The maximum atomic E-state index is 12.1. The predicted octanol–water partition coefficient (Wildman–Crippen LogP) is 1.71. The molecular formula is C18H30N4O3. The van der Waals surface area contributed by atoms with E-state index in [2.05, 4.69) is 15.6 Å². The zero-order chi connectivity index (χ0) is 19.0. The minimum atomic E-state index is -0.270. The predicted molar refractivity (Wildman–Crippen MR) is 100 cm³/mol. The van der Waals surface area contributed by atoms with Crippen LogP contribution < -0.4 is 15.4 Å². The van der Waals surface area contributed by atoms with E-state index < -0.39 is 0 Å². The fourth-order valence-corrected chi connectivity index (χ4v) is 2.22. The number of aliphatic imine (C=N–C) groups is 1. The Morgan fingerprint density at radius 1 is 1.36 bits per heavy atom. The third-order valence-corrected chi connectivity index (χ3v) is 3.25. The first-order chi connectivity index (χ1) is 11.7. The molecule has 0 fully saturated rings. The molecule has 0 aliphatic rings. The number of amides is 1. The van der Waals surface area contributed by atoms with E-state index in [-0.39, 0.29) is 23.7 Å². The molecular weight excluding hydrogens is 320 g/mol. The summed E-state index contributed by atoms with van der Waals surface area (Å²) < 4.78 is 5.04. The van der Waals surface area contributed by atoms with Crippen LogP contribution in [0.5, 0.6) is 11.5 Å². The Morgan fingerprint density at radius 3 is 2.56 bits per heavy atom. The summed E-state index contributed by atoms with van der Waals surface area (Å²) >= 11 is 0. The van der Waals surface area contributed by atoms with Crippen LogP contribution in [0.15, 0.2) is 23.2 Å². The van der Waals surface area contributed by atoms with Crippen LogP contribution >= 0.6 is 0 Å². The van der Waals surface area contributed by atoms with Crippen molar-refractivity contribution in [1.82, 2.24) is 15.5 Å². The molecule has 0 bridgehead atoms. The largest absolute Gasteiger partial charge is 0.504 e. The van der Waals surface area contributed by atoms with Crippen LogP contribution in [0.4, 0.5) is 0 Å². The lowest BCUT2D eigenvalue weighted by Crippen LogP contribution is -2.48. The highest BCUT2D eigenvalue weighted by atomic mass is 16.5. The molecule has 140 valence electrons. The van der Waals surface area contributed by atoms with Crippen molar-refractivity contribution < 1.29 is 14.6 Å². The summed E-state index contributed by atoms with van der Waals surface area (Å²) in [4.78, 5) is 18.4. The lowest BCUT2D eigenvalue weighted by molar-refractivity contribution is -0.122. The second-order valence-corrected chi connectivity index (χ2v) is 6.83. The number of phenols is 1. The van der Waals surface area contributed by atoms with Gasteiger partial charge in [-0.15, -0.1) is 0 Å². The average Bonchev–Trinajstić information content (AvgIpc) is 2.49. The molecule has 1 amide bonds. The van der Waals surface area contributed by atoms with E-state index in [1.54, 1.807) is 17.0 Å². The summed E-state index contributed by atoms with van der Waals surface area (Å²) in [7, 11) is 3.32. The maximum absolute atomic E-state index is 12.1. The van der Waals surface area contributed by atoms with E-state index in [1.165, 1.54) is 7.11 Å². The third kappa shape index (κ3) is 7.32. The van der Waals surface area contributed by atoms with Crippen LogP contribution in [0.3, 0.4) is 0 Å². The molecule has 0 aromatic heterocycles. The Balaban J connectivity index is 2.78. The quantitative estimate of drug-likeness (QED) is 0.537. The van der Waals surface area contributed by atoms with Crippen molar-refractivity contribution in [2.24, 2.45) is 4.99 Å². The van der Waals surface area contributed by atoms with Crippen molar-refractivity contribution in [3.63, 3.8) is 0 Å². The summed E-state index contributed by atoms with van der Waals surface area (Å²) in [5, 5.41) is 15.9. The van der Waals surface area contributed by atoms with Gasteiger partial charge in [0.05, 0.1) is 20.2 Å². The average molecular weight is 350 g/mol. The van der Waals surface area contributed by atoms with Crippen molar-refractivity contribution in [2.45, 2.75) is 39.8 Å². The van der Waals surface area contributed by atoms with Crippen LogP contribution in [-0.2, 0) is 11.3 Å². The molecule has 0 aliphatic carbocycles. The number of benzene rings is 1. The molecule has 0 saturated heterocycles. The molecule has 0 unspecified atom stereocenters. The topological polar surface area (TPSA) is 86.2 Å². The Labute approximate surface area is 150 Å². The fraction of sp³-hybridized carbons (Fsp3) is 0.556. The van der Waals surface area contributed by atoms with Gasteiger partial charge in [-0.2, -0.15) is 0 Å². The van der Waals surface area contributed by atoms with Gasteiger partial charge in [0.1, 0.15) is 0 Å². The molecule has 0 aliphatic heterocycles. The minimum absolute atomic E-state index is 0.0669. The summed E-state index contributed by atoms with van der Waals surface area (Å²) in [6, 6.07) is 5.17. The molecule has 0 atom stereocenters. The van der Waals surface area contributed by atoms with Gasteiger partial charge in [-0.25, -0.2) is 4.99 Å². The van der Waals surface area contributed by atoms with Crippen molar-refractivity contribution in [1.29, 1.82) is 0 Å². The van der Waals surface area contributed by atoms with Gasteiger partial charge >= 0.3 is 0 Å². The normalized spacial score (nSPS) is 11.8. The highest BCUT2D eigenvalue weighted by molar-refractivity contribution is 5.86. The van der Waals surface area contributed by atoms with Gasteiger partial charge in [-0.1, -0.05) is 6.07 Å². The minimum Gasteiger partial charge on any atom is -0.504 e. The molecule has 0 heterocycles. The monoisotopic (exact) mass is 350 g/mol. The molecule has 1 rings (SSSR count). The number of phenolic OH excluding ortho intramolecular Hbond substituents is 1. The zero-order valence-electron chi connectivity index (χ0n) is 16.0. The number of guanidine groups is 1. The van der Waals surface area contributed by atoms with Gasteiger partial charge in [0.25, 0.3) is 0 Å². The molecule has 1 aromatic rings. The third-order valence-electron chi connectivity index (χ3n) is 3.25. The molecule has 25 heavy (non-hydrogen) atoms. The highest BCUT2D eigenvalue weighted by Gasteiger charge is 2.16. The number of nitrogens with zero attached hydrogens (tertiary/aromatic N) is 2. The van der Waals surface area contributed by atoms with Gasteiger partial charge in [-0.05, 0) is 45.4 Å². The van der Waals surface area contributed by atoms with Crippen LogP contribution in [0.25, 0.3) is 0 Å². The molecule has 0 saturated carbocycles.